The molecule has 78 valence electrons. The summed E-state index contributed by atoms with van der Waals surface area (Å²) in [7, 11) is 1.28. The van der Waals surface area contributed by atoms with Crippen molar-refractivity contribution in [1.82, 2.24) is 4.98 Å². The molecule has 2 aromatic rings. The number of rotatable bonds is 1. The molecule has 0 aliphatic carbocycles. The van der Waals surface area contributed by atoms with Gasteiger partial charge in [-0.05, 0) is 19.1 Å². The first kappa shape index (κ1) is 9.58. The number of nitrogens with one attached hydrogen (secondary N) is 1. The third kappa shape index (κ3) is 1.44. The summed E-state index contributed by atoms with van der Waals surface area (Å²) in [5.41, 5.74) is 1.84. The smallest absolute Gasteiger partial charge is 0.358 e. The Hall–Kier alpha value is -1.97. The summed E-state index contributed by atoms with van der Waals surface area (Å²) in [5, 5.41) is 10.4. The molecule has 0 aliphatic heterocycles. The van der Waals surface area contributed by atoms with Crippen LogP contribution in [0.25, 0.3) is 10.9 Å². The number of fused-ring (bicyclic) bond motifs is 1. The zero-order valence-corrected chi connectivity index (χ0v) is 8.50. The van der Waals surface area contributed by atoms with Crippen molar-refractivity contribution in [3.05, 3.63) is 29.5 Å². The number of hydrogen-bond acceptors (Lipinski definition) is 3. The van der Waals surface area contributed by atoms with Gasteiger partial charge in [-0.2, -0.15) is 0 Å². The topological polar surface area (TPSA) is 62.3 Å². The average molecular weight is 205 g/mol. The Kier molecular flexibility index (Phi) is 2.11. The fourth-order valence-electron chi connectivity index (χ4n) is 1.54. The molecule has 0 fully saturated rings. The fraction of sp³-hybridized carbons (Fsp3) is 0.182. The van der Waals surface area contributed by atoms with Crippen LogP contribution in [0, 0.1) is 6.92 Å². The van der Waals surface area contributed by atoms with Crippen molar-refractivity contribution in [2.45, 2.75) is 6.92 Å². The molecule has 0 saturated heterocycles. The normalized spacial score (nSPS) is 10.5. The minimum Gasteiger partial charge on any atom is -0.505 e. The minimum atomic E-state index is -0.568. The zero-order valence-electron chi connectivity index (χ0n) is 8.50. The van der Waals surface area contributed by atoms with Crippen molar-refractivity contribution >= 4 is 16.9 Å². The van der Waals surface area contributed by atoms with E-state index in [2.05, 4.69) is 9.72 Å². The van der Waals surface area contributed by atoms with Gasteiger partial charge in [0.2, 0.25) is 0 Å². The highest BCUT2D eigenvalue weighted by Gasteiger charge is 2.17. The van der Waals surface area contributed by atoms with Crippen molar-refractivity contribution < 1.29 is 14.6 Å². The summed E-state index contributed by atoms with van der Waals surface area (Å²) in [6, 6.07) is 5.53. The third-order valence-corrected chi connectivity index (χ3v) is 2.32. The molecule has 1 aromatic carbocycles. The van der Waals surface area contributed by atoms with E-state index < -0.39 is 5.97 Å². The molecule has 1 heterocycles. The number of ether oxygens (including phenoxy) is 1. The quantitative estimate of drug-likeness (QED) is 0.699. The van der Waals surface area contributed by atoms with Gasteiger partial charge in [-0.15, -0.1) is 0 Å². The van der Waals surface area contributed by atoms with Crippen LogP contribution in [0.15, 0.2) is 18.2 Å². The number of aromatic amines is 1. The van der Waals surface area contributed by atoms with E-state index in [4.69, 9.17) is 0 Å². The van der Waals surface area contributed by atoms with E-state index in [1.165, 1.54) is 7.11 Å². The van der Waals surface area contributed by atoms with Crippen LogP contribution in [0.4, 0.5) is 0 Å². The summed E-state index contributed by atoms with van der Waals surface area (Å²) < 4.78 is 4.55. The molecular weight excluding hydrogens is 194 g/mol. The second kappa shape index (κ2) is 3.31. The second-order valence-electron chi connectivity index (χ2n) is 3.39. The summed E-state index contributed by atoms with van der Waals surface area (Å²) in [5.74, 6) is -0.623. The molecule has 4 heteroatoms. The van der Waals surface area contributed by atoms with E-state index in [9.17, 15) is 9.90 Å². The lowest BCUT2D eigenvalue weighted by Gasteiger charge is -1.95. The third-order valence-electron chi connectivity index (χ3n) is 2.32. The van der Waals surface area contributed by atoms with Crippen LogP contribution >= 0.6 is 0 Å². The number of aryl methyl sites for hydroxylation is 1. The molecule has 0 saturated carbocycles. The van der Waals surface area contributed by atoms with Gasteiger partial charge in [0.1, 0.15) is 0 Å². The predicted molar refractivity (Wildman–Crippen MR) is 56.0 cm³/mol. The van der Waals surface area contributed by atoms with E-state index >= 15 is 0 Å². The Morgan fingerprint density at radius 3 is 2.87 bits per heavy atom. The van der Waals surface area contributed by atoms with Crippen molar-refractivity contribution in [1.29, 1.82) is 0 Å². The van der Waals surface area contributed by atoms with Crippen LogP contribution < -0.4 is 0 Å². The van der Waals surface area contributed by atoms with Gasteiger partial charge in [-0.1, -0.05) is 11.6 Å². The SMILES string of the molecule is COC(=O)c1[nH]c2ccc(C)cc2c1O. The van der Waals surface area contributed by atoms with Gasteiger partial charge in [0.25, 0.3) is 0 Å². The van der Waals surface area contributed by atoms with Gasteiger partial charge < -0.3 is 14.8 Å². The predicted octanol–water partition coefficient (Wildman–Crippen LogP) is 1.97. The number of aromatic hydroxyl groups is 1. The maximum Gasteiger partial charge on any atom is 0.358 e. The molecular formula is C11H11NO3. The van der Waals surface area contributed by atoms with E-state index in [-0.39, 0.29) is 11.4 Å². The Morgan fingerprint density at radius 2 is 2.20 bits per heavy atom. The van der Waals surface area contributed by atoms with Crippen LogP contribution in [0.5, 0.6) is 5.75 Å². The highest BCUT2D eigenvalue weighted by atomic mass is 16.5. The van der Waals surface area contributed by atoms with Crippen LogP contribution in [-0.2, 0) is 4.74 Å². The number of carbonyl (C=O) groups is 1. The number of esters is 1. The highest BCUT2D eigenvalue weighted by molar-refractivity contribution is 6.00. The lowest BCUT2D eigenvalue weighted by molar-refractivity contribution is 0.0592. The van der Waals surface area contributed by atoms with Gasteiger partial charge in [-0.3, -0.25) is 0 Å². The van der Waals surface area contributed by atoms with Gasteiger partial charge in [-0.25, -0.2) is 4.79 Å². The number of carbonyl (C=O) groups excluding carboxylic acids is 1. The second-order valence-corrected chi connectivity index (χ2v) is 3.39. The van der Waals surface area contributed by atoms with Crippen molar-refractivity contribution in [2.24, 2.45) is 0 Å². The number of benzene rings is 1. The Balaban J connectivity index is 2.69. The first-order chi connectivity index (χ1) is 7.13. The van der Waals surface area contributed by atoms with Crippen LogP contribution in [0.3, 0.4) is 0 Å². The van der Waals surface area contributed by atoms with Crippen LogP contribution in [0.1, 0.15) is 16.1 Å². The fourth-order valence-corrected chi connectivity index (χ4v) is 1.54. The van der Waals surface area contributed by atoms with Gasteiger partial charge >= 0.3 is 5.97 Å². The van der Waals surface area contributed by atoms with E-state index in [0.717, 1.165) is 11.1 Å². The van der Waals surface area contributed by atoms with Gasteiger partial charge in [0.15, 0.2) is 11.4 Å². The largest absolute Gasteiger partial charge is 0.505 e. The molecule has 15 heavy (non-hydrogen) atoms. The number of aromatic nitrogens is 1. The molecule has 0 aliphatic rings. The number of hydrogen-bond donors (Lipinski definition) is 2. The Labute approximate surface area is 86.5 Å². The Morgan fingerprint density at radius 1 is 1.47 bits per heavy atom. The van der Waals surface area contributed by atoms with Gasteiger partial charge in [0.05, 0.1) is 7.11 Å². The maximum atomic E-state index is 11.3. The molecule has 0 amide bonds. The first-order valence-corrected chi connectivity index (χ1v) is 4.53. The Bertz CT molecular complexity index is 528. The molecule has 2 rings (SSSR count). The van der Waals surface area contributed by atoms with Crippen molar-refractivity contribution in [3.63, 3.8) is 0 Å². The van der Waals surface area contributed by atoms with E-state index in [1.807, 2.05) is 25.1 Å². The summed E-state index contributed by atoms with van der Waals surface area (Å²) >= 11 is 0. The molecule has 0 bridgehead atoms. The average Bonchev–Trinajstić information content (AvgIpc) is 2.55. The lowest BCUT2D eigenvalue weighted by Crippen LogP contribution is -2.01. The first-order valence-electron chi connectivity index (χ1n) is 4.53. The molecule has 0 unspecified atom stereocenters. The minimum absolute atomic E-state index is 0.0550. The molecule has 0 spiro atoms. The number of methoxy groups -OCH3 is 1. The maximum absolute atomic E-state index is 11.3. The van der Waals surface area contributed by atoms with E-state index in [1.54, 1.807) is 0 Å². The summed E-state index contributed by atoms with van der Waals surface area (Å²) in [6.45, 7) is 1.92. The highest BCUT2D eigenvalue weighted by Crippen LogP contribution is 2.29. The lowest BCUT2D eigenvalue weighted by atomic mass is 10.1. The molecule has 0 atom stereocenters. The molecule has 4 nitrogen and oxygen atoms in total. The standard InChI is InChI=1S/C11H11NO3/c1-6-3-4-8-7(5-6)10(13)9(12-8)11(14)15-2/h3-5,12-13H,1-2H3. The molecule has 0 radical (unpaired) electrons. The number of H-pyrrole nitrogens is 1. The van der Waals surface area contributed by atoms with Gasteiger partial charge in [0, 0.05) is 10.9 Å². The van der Waals surface area contributed by atoms with Crippen LogP contribution in [0.2, 0.25) is 0 Å². The monoisotopic (exact) mass is 205 g/mol. The zero-order chi connectivity index (χ0) is 11.0. The molecule has 2 N–H and O–H groups in total. The van der Waals surface area contributed by atoms with Crippen molar-refractivity contribution in [2.75, 3.05) is 7.11 Å². The van der Waals surface area contributed by atoms with E-state index in [0.29, 0.717) is 5.39 Å². The summed E-state index contributed by atoms with van der Waals surface area (Å²) in [6.07, 6.45) is 0. The summed E-state index contributed by atoms with van der Waals surface area (Å²) in [4.78, 5) is 14.1. The van der Waals surface area contributed by atoms with Crippen molar-refractivity contribution in [3.8, 4) is 5.75 Å². The van der Waals surface area contributed by atoms with Crippen LogP contribution in [-0.4, -0.2) is 23.2 Å². The molecule has 1 aromatic heterocycles.